The van der Waals surface area contributed by atoms with Crippen LogP contribution in [0.1, 0.15) is 56.5 Å². The number of anilines is 1. The molecule has 3 N–H and O–H groups in total. The van der Waals surface area contributed by atoms with E-state index < -0.39 is 11.8 Å². The molecule has 0 saturated heterocycles. The van der Waals surface area contributed by atoms with Gasteiger partial charge in [0.05, 0.1) is 0 Å². The number of benzene rings is 2. The topological polar surface area (TPSA) is 96.5 Å². The van der Waals surface area contributed by atoms with Gasteiger partial charge in [0.2, 0.25) is 5.91 Å². The maximum Gasteiger partial charge on any atom is 0.276 e. The average molecular weight is 412 g/mol. The van der Waals surface area contributed by atoms with Gasteiger partial charge in [-0.05, 0) is 53.8 Å². The molecule has 0 aromatic heterocycles. The second-order valence-corrected chi connectivity index (χ2v) is 7.94. The van der Waals surface area contributed by atoms with Crippen LogP contribution in [0.4, 0.5) is 5.69 Å². The van der Waals surface area contributed by atoms with E-state index in [1.54, 1.807) is 24.3 Å². The summed E-state index contributed by atoms with van der Waals surface area (Å²) in [6, 6.07) is 13.9. The van der Waals surface area contributed by atoms with Crippen molar-refractivity contribution in [1.82, 2.24) is 10.9 Å². The number of carbonyl (C=O) groups excluding carboxylic acids is 3. The van der Waals surface area contributed by atoms with Gasteiger partial charge in [0.1, 0.15) is 5.75 Å². The van der Waals surface area contributed by atoms with Crippen molar-refractivity contribution in [3.05, 3.63) is 59.7 Å². The van der Waals surface area contributed by atoms with Crippen LogP contribution in [0.3, 0.4) is 0 Å². The highest BCUT2D eigenvalue weighted by atomic mass is 16.5. The Morgan fingerprint density at radius 2 is 1.50 bits per heavy atom. The van der Waals surface area contributed by atoms with E-state index in [0.29, 0.717) is 23.4 Å². The van der Waals surface area contributed by atoms with Crippen molar-refractivity contribution in [2.24, 2.45) is 0 Å². The molecule has 7 heteroatoms. The molecule has 0 fully saturated rings. The first-order valence-corrected chi connectivity index (χ1v) is 9.91. The van der Waals surface area contributed by atoms with E-state index in [4.69, 9.17) is 4.74 Å². The Morgan fingerprint density at radius 1 is 0.867 bits per heavy atom. The summed E-state index contributed by atoms with van der Waals surface area (Å²) in [5.41, 5.74) is 6.83. The summed E-state index contributed by atoms with van der Waals surface area (Å²) in [4.78, 5) is 35.6. The molecule has 0 aliphatic heterocycles. The lowest BCUT2D eigenvalue weighted by Gasteiger charge is -2.19. The minimum Gasteiger partial charge on any atom is -0.484 e. The van der Waals surface area contributed by atoms with Gasteiger partial charge in [0, 0.05) is 17.7 Å². The molecule has 0 heterocycles. The third-order valence-corrected chi connectivity index (χ3v) is 4.31. The molecule has 0 atom stereocenters. The fourth-order valence-corrected chi connectivity index (χ4v) is 2.59. The Kier molecular flexibility index (Phi) is 7.98. The number of rotatable bonds is 7. The van der Waals surface area contributed by atoms with E-state index >= 15 is 0 Å². The summed E-state index contributed by atoms with van der Waals surface area (Å²) in [7, 11) is 0. The predicted octanol–water partition coefficient (Wildman–Crippen LogP) is 3.56. The van der Waals surface area contributed by atoms with Gasteiger partial charge < -0.3 is 10.1 Å². The zero-order valence-electron chi connectivity index (χ0n) is 17.9. The van der Waals surface area contributed by atoms with Gasteiger partial charge in [-0.2, -0.15) is 0 Å². The lowest BCUT2D eigenvalue weighted by Crippen LogP contribution is -2.43. The molecule has 3 amide bonds. The third kappa shape index (κ3) is 7.24. The van der Waals surface area contributed by atoms with Crippen molar-refractivity contribution in [2.75, 3.05) is 11.9 Å². The van der Waals surface area contributed by atoms with Crippen molar-refractivity contribution in [2.45, 2.75) is 46.0 Å². The molecule has 30 heavy (non-hydrogen) atoms. The number of nitrogens with one attached hydrogen (secondary N) is 3. The maximum absolute atomic E-state index is 12.1. The Labute approximate surface area is 177 Å². The molecule has 0 aliphatic rings. The number of hydrogen-bond donors (Lipinski definition) is 3. The van der Waals surface area contributed by atoms with Crippen molar-refractivity contribution < 1.29 is 19.1 Å². The highest BCUT2D eigenvalue weighted by Gasteiger charge is 2.13. The molecule has 0 unspecified atom stereocenters. The van der Waals surface area contributed by atoms with Crippen LogP contribution in [0, 0.1) is 0 Å². The third-order valence-electron chi connectivity index (χ3n) is 4.31. The first-order valence-electron chi connectivity index (χ1n) is 9.91. The molecule has 0 saturated carbocycles. The number of hydrazine groups is 1. The van der Waals surface area contributed by atoms with E-state index in [2.05, 4.69) is 36.9 Å². The Morgan fingerprint density at radius 3 is 2.07 bits per heavy atom. The first kappa shape index (κ1) is 22.9. The van der Waals surface area contributed by atoms with Gasteiger partial charge in [0.25, 0.3) is 11.8 Å². The van der Waals surface area contributed by atoms with Crippen molar-refractivity contribution in [1.29, 1.82) is 0 Å². The Hall–Kier alpha value is -3.35. The Bertz CT molecular complexity index is 869. The second-order valence-electron chi connectivity index (χ2n) is 7.94. The van der Waals surface area contributed by atoms with E-state index in [1.807, 2.05) is 31.2 Å². The lowest BCUT2D eigenvalue weighted by atomic mass is 9.87. The molecular formula is C23H29N3O4. The molecule has 160 valence electrons. The summed E-state index contributed by atoms with van der Waals surface area (Å²) in [5, 5.41) is 2.75. The lowest BCUT2D eigenvalue weighted by molar-refractivity contribution is -0.123. The molecule has 0 bridgehead atoms. The second kappa shape index (κ2) is 10.4. The molecule has 2 aromatic rings. The summed E-state index contributed by atoms with van der Waals surface area (Å²) >= 11 is 0. The van der Waals surface area contributed by atoms with Crippen molar-refractivity contribution >= 4 is 23.4 Å². The van der Waals surface area contributed by atoms with Crippen LogP contribution in [-0.2, 0) is 15.0 Å². The molecule has 7 nitrogen and oxygen atoms in total. The van der Waals surface area contributed by atoms with Gasteiger partial charge in [0.15, 0.2) is 6.61 Å². The van der Waals surface area contributed by atoms with Crippen LogP contribution in [0.15, 0.2) is 48.5 Å². The zero-order valence-corrected chi connectivity index (χ0v) is 17.9. The molecule has 2 aromatic carbocycles. The summed E-state index contributed by atoms with van der Waals surface area (Å²) in [5.74, 6) is -0.448. The number of hydrogen-bond acceptors (Lipinski definition) is 4. The van der Waals surface area contributed by atoms with Crippen molar-refractivity contribution in [3.63, 3.8) is 0 Å². The van der Waals surface area contributed by atoms with E-state index in [0.717, 1.165) is 6.42 Å². The number of carbonyl (C=O) groups is 3. The largest absolute Gasteiger partial charge is 0.484 e. The minimum absolute atomic E-state index is 0.0412. The molecule has 2 rings (SSSR count). The monoisotopic (exact) mass is 411 g/mol. The predicted molar refractivity (Wildman–Crippen MR) is 116 cm³/mol. The smallest absolute Gasteiger partial charge is 0.276 e. The summed E-state index contributed by atoms with van der Waals surface area (Å²) in [6.45, 7) is 8.06. The molecule has 0 aliphatic carbocycles. The van der Waals surface area contributed by atoms with Gasteiger partial charge in [-0.3, -0.25) is 25.2 Å². The highest BCUT2D eigenvalue weighted by molar-refractivity contribution is 5.96. The van der Waals surface area contributed by atoms with E-state index in [9.17, 15) is 14.4 Å². The zero-order chi connectivity index (χ0) is 22.1. The normalized spacial score (nSPS) is 10.8. The van der Waals surface area contributed by atoms with E-state index in [-0.39, 0.29) is 17.9 Å². The van der Waals surface area contributed by atoms with Gasteiger partial charge in [-0.25, -0.2) is 0 Å². The standard InChI is InChI=1S/C23H29N3O4/c1-5-6-20(27)24-18-11-7-16(8-12-18)22(29)26-25-21(28)15-30-19-13-9-17(10-14-19)23(2,3)4/h7-14H,5-6,15H2,1-4H3,(H,24,27)(H,25,28)(H,26,29). The Balaban J connectivity index is 1.77. The van der Waals surface area contributed by atoms with Gasteiger partial charge >= 0.3 is 0 Å². The highest BCUT2D eigenvalue weighted by Crippen LogP contribution is 2.24. The van der Waals surface area contributed by atoms with Crippen LogP contribution in [-0.4, -0.2) is 24.3 Å². The fraction of sp³-hybridized carbons (Fsp3) is 0.348. The summed E-state index contributed by atoms with van der Waals surface area (Å²) < 4.78 is 5.44. The van der Waals surface area contributed by atoms with Crippen molar-refractivity contribution in [3.8, 4) is 5.75 Å². The molecule has 0 spiro atoms. The maximum atomic E-state index is 12.1. The summed E-state index contributed by atoms with van der Waals surface area (Å²) in [6.07, 6.45) is 1.20. The van der Waals surface area contributed by atoms with Crippen LogP contribution in [0.5, 0.6) is 5.75 Å². The minimum atomic E-state index is -0.480. The van der Waals surface area contributed by atoms with Gasteiger partial charge in [-0.1, -0.05) is 39.8 Å². The average Bonchev–Trinajstić information content (AvgIpc) is 2.71. The molecular weight excluding hydrogens is 382 g/mol. The quantitative estimate of drug-likeness (QED) is 0.607. The van der Waals surface area contributed by atoms with Crippen LogP contribution >= 0.6 is 0 Å². The molecule has 0 radical (unpaired) electrons. The van der Waals surface area contributed by atoms with Crippen LogP contribution in [0.2, 0.25) is 0 Å². The number of amides is 3. The first-order chi connectivity index (χ1) is 14.2. The fourth-order valence-electron chi connectivity index (χ4n) is 2.59. The SMILES string of the molecule is CCCC(=O)Nc1ccc(C(=O)NNC(=O)COc2ccc(C(C)(C)C)cc2)cc1. The number of ether oxygens (including phenoxy) is 1. The van der Waals surface area contributed by atoms with Gasteiger partial charge in [-0.15, -0.1) is 0 Å². The van der Waals surface area contributed by atoms with Crippen LogP contribution in [0.25, 0.3) is 0 Å². The van der Waals surface area contributed by atoms with Crippen LogP contribution < -0.4 is 20.9 Å². The van der Waals surface area contributed by atoms with E-state index in [1.165, 1.54) is 5.56 Å².